The van der Waals surface area contributed by atoms with E-state index in [1.807, 2.05) is 18.2 Å². The number of nitrogens with zero attached hydrogens (tertiary/aromatic N) is 1. The molecule has 1 amide bonds. The predicted molar refractivity (Wildman–Crippen MR) is 106 cm³/mol. The van der Waals surface area contributed by atoms with Crippen LogP contribution >= 0.6 is 22.9 Å². The quantitative estimate of drug-likeness (QED) is 0.694. The molecule has 5 nitrogen and oxygen atoms in total. The number of amides is 1. The van der Waals surface area contributed by atoms with E-state index in [1.54, 1.807) is 30.3 Å². The van der Waals surface area contributed by atoms with Crippen molar-refractivity contribution in [1.29, 1.82) is 0 Å². The Bertz CT molecular complexity index is 1130. The first-order chi connectivity index (χ1) is 13.0. The molecular weight excluding hydrogens is 404 g/mol. The Morgan fingerprint density at radius 2 is 1.89 bits per heavy atom. The minimum absolute atomic E-state index is 0.0164. The molecule has 1 unspecified atom stereocenters. The van der Waals surface area contributed by atoms with Crippen LogP contribution in [0.5, 0.6) is 0 Å². The summed E-state index contributed by atoms with van der Waals surface area (Å²) in [7, 11) is -3.29. The summed E-state index contributed by atoms with van der Waals surface area (Å²) in [6.07, 6.45) is 1.87. The number of fused-ring (bicyclic) bond motifs is 1. The molecular formula is C19H15ClN2O3S2. The van der Waals surface area contributed by atoms with E-state index in [1.165, 1.54) is 17.5 Å². The lowest BCUT2D eigenvalue weighted by atomic mass is 10.0. The van der Waals surface area contributed by atoms with Crippen molar-refractivity contribution in [2.24, 2.45) is 0 Å². The maximum Gasteiger partial charge on any atom is 0.263 e. The fourth-order valence-corrected chi connectivity index (χ4v) is 5.87. The van der Waals surface area contributed by atoms with Crippen LogP contribution < -0.4 is 5.32 Å². The van der Waals surface area contributed by atoms with Gasteiger partial charge in [-0.05, 0) is 24.1 Å². The minimum atomic E-state index is -3.29. The average Bonchev–Trinajstić information content (AvgIpc) is 3.15. The van der Waals surface area contributed by atoms with E-state index in [0.717, 1.165) is 5.56 Å². The van der Waals surface area contributed by atoms with Gasteiger partial charge in [-0.2, -0.15) is 0 Å². The number of halogens is 1. The Morgan fingerprint density at radius 1 is 1.15 bits per heavy atom. The van der Waals surface area contributed by atoms with E-state index < -0.39 is 9.84 Å². The van der Waals surface area contributed by atoms with Gasteiger partial charge in [-0.3, -0.25) is 4.79 Å². The van der Waals surface area contributed by atoms with Crippen molar-refractivity contribution in [3.8, 4) is 10.6 Å². The number of aromatic nitrogens is 1. The summed E-state index contributed by atoms with van der Waals surface area (Å²) in [5.41, 5.74) is 1.41. The molecule has 0 saturated heterocycles. The van der Waals surface area contributed by atoms with Crippen LogP contribution in [0.1, 0.15) is 27.7 Å². The molecule has 27 heavy (non-hydrogen) atoms. The fraction of sp³-hybridized carbons (Fsp3) is 0.158. The third-order valence-corrected chi connectivity index (χ3v) is 7.62. The summed E-state index contributed by atoms with van der Waals surface area (Å²) in [6, 6.07) is 13.8. The molecule has 0 spiro atoms. The van der Waals surface area contributed by atoms with E-state index in [-0.39, 0.29) is 17.7 Å². The monoisotopic (exact) mass is 418 g/mol. The Morgan fingerprint density at radius 3 is 2.70 bits per heavy atom. The molecule has 1 aromatic heterocycles. The van der Waals surface area contributed by atoms with Gasteiger partial charge in [0.1, 0.15) is 9.88 Å². The summed E-state index contributed by atoms with van der Waals surface area (Å²) >= 11 is 7.45. The standard InChI is InChI=1S/C19H15ClN2O3S2/c20-14-7-3-1-5-12(14)19-21-11-16(26-19)18(23)22-15-9-10-27(24,25)17-8-4-2-6-13(15)17/h1-8,11,15H,9-10H2,(H,22,23). The molecule has 0 aliphatic carbocycles. The van der Waals surface area contributed by atoms with Gasteiger partial charge in [0.25, 0.3) is 5.91 Å². The molecule has 0 bridgehead atoms. The number of hydrogen-bond donors (Lipinski definition) is 1. The van der Waals surface area contributed by atoms with Gasteiger partial charge in [0.2, 0.25) is 0 Å². The summed E-state index contributed by atoms with van der Waals surface area (Å²) in [6.45, 7) is 0. The van der Waals surface area contributed by atoms with Crippen molar-refractivity contribution >= 4 is 38.7 Å². The van der Waals surface area contributed by atoms with Gasteiger partial charge in [0.15, 0.2) is 9.84 Å². The Labute approximate surface area is 165 Å². The zero-order valence-corrected chi connectivity index (χ0v) is 16.4. The predicted octanol–water partition coefficient (Wildman–Crippen LogP) is 4.11. The number of sulfone groups is 1. The van der Waals surface area contributed by atoms with Crippen molar-refractivity contribution in [2.45, 2.75) is 17.4 Å². The lowest BCUT2D eigenvalue weighted by Crippen LogP contribution is -2.33. The number of benzene rings is 2. The van der Waals surface area contributed by atoms with Crippen molar-refractivity contribution in [3.63, 3.8) is 0 Å². The Balaban J connectivity index is 1.58. The van der Waals surface area contributed by atoms with Crippen LogP contribution in [0.15, 0.2) is 59.6 Å². The molecule has 138 valence electrons. The topological polar surface area (TPSA) is 76.1 Å². The molecule has 1 N–H and O–H groups in total. The van der Waals surface area contributed by atoms with Gasteiger partial charge in [0.05, 0.1) is 27.9 Å². The van der Waals surface area contributed by atoms with Crippen molar-refractivity contribution in [2.75, 3.05) is 5.75 Å². The highest BCUT2D eigenvalue weighted by Crippen LogP contribution is 2.34. The summed E-state index contributed by atoms with van der Waals surface area (Å²) in [5.74, 6) is -0.257. The normalized spacial score (nSPS) is 17.9. The second-order valence-electron chi connectivity index (χ2n) is 6.18. The largest absolute Gasteiger partial charge is 0.344 e. The average molecular weight is 419 g/mol. The van der Waals surface area contributed by atoms with Crippen molar-refractivity contribution < 1.29 is 13.2 Å². The third-order valence-electron chi connectivity index (χ3n) is 4.44. The molecule has 8 heteroatoms. The molecule has 1 atom stereocenters. The van der Waals surface area contributed by atoms with E-state index in [2.05, 4.69) is 10.3 Å². The van der Waals surface area contributed by atoms with Crippen LogP contribution in [-0.2, 0) is 9.84 Å². The first-order valence-electron chi connectivity index (χ1n) is 8.29. The number of thiazole rings is 1. The van der Waals surface area contributed by atoms with Gasteiger partial charge in [-0.25, -0.2) is 13.4 Å². The van der Waals surface area contributed by atoms with E-state index in [9.17, 15) is 13.2 Å². The SMILES string of the molecule is O=C(NC1CCS(=O)(=O)c2ccccc21)c1cnc(-c2ccccc2Cl)s1. The second kappa shape index (κ2) is 7.07. The lowest BCUT2D eigenvalue weighted by Gasteiger charge is -2.26. The molecule has 0 fully saturated rings. The van der Waals surface area contributed by atoms with E-state index in [0.29, 0.717) is 31.8 Å². The zero-order valence-electron chi connectivity index (χ0n) is 14.1. The highest BCUT2D eigenvalue weighted by Gasteiger charge is 2.31. The number of hydrogen-bond acceptors (Lipinski definition) is 5. The molecule has 4 rings (SSSR count). The molecule has 3 aromatic rings. The van der Waals surface area contributed by atoms with Crippen LogP contribution in [0.25, 0.3) is 10.6 Å². The molecule has 0 saturated carbocycles. The fourth-order valence-electron chi connectivity index (χ4n) is 3.11. The summed E-state index contributed by atoms with van der Waals surface area (Å²) < 4.78 is 24.5. The Kier molecular flexibility index (Phi) is 4.75. The lowest BCUT2D eigenvalue weighted by molar-refractivity contribution is 0.0938. The van der Waals surface area contributed by atoms with Gasteiger partial charge in [0, 0.05) is 5.56 Å². The van der Waals surface area contributed by atoms with E-state index in [4.69, 9.17) is 11.6 Å². The molecule has 1 aliphatic rings. The van der Waals surface area contributed by atoms with E-state index >= 15 is 0 Å². The second-order valence-corrected chi connectivity index (χ2v) is 9.70. The van der Waals surface area contributed by atoms with Gasteiger partial charge in [-0.1, -0.05) is 48.0 Å². The van der Waals surface area contributed by atoms with Crippen molar-refractivity contribution in [1.82, 2.24) is 10.3 Å². The van der Waals surface area contributed by atoms with Crippen LogP contribution in [0.4, 0.5) is 0 Å². The first kappa shape index (κ1) is 18.2. The molecule has 1 aliphatic heterocycles. The third kappa shape index (κ3) is 3.50. The molecule has 0 radical (unpaired) electrons. The number of rotatable bonds is 3. The highest BCUT2D eigenvalue weighted by molar-refractivity contribution is 7.91. The molecule has 2 heterocycles. The zero-order chi connectivity index (χ0) is 19.0. The number of carbonyl (C=O) groups excluding carboxylic acids is 1. The summed E-state index contributed by atoms with van der Waals surface area (Å²) in [4.78, 5) is 17.7. The maximum absolute atomic E-state index is 12.7. The smallest absolute Gasteiger partial charge is 0.263 e. The maximum atomic E-state index is 12.7. The highest BCUT2D eigenvalue weighted by atomic mass is 35.5. The van der Waals surface area contributed by atoms with Crippen LogP contribution in [0, 0.1) is 0 Å². The molecule has 2 aromatic carbocycles. The van der Waals surface area contributed by atoms with Gasteiger partial charge in [-0.15, -0.1) is 11.3 Å². The number of carbonyl (C=O) groups is 1. The van der Waals surface area contributed by atoms with Crippen LogP contribution in [-0.4, -0.2) is 25.1 Å². The number of nitrogens with one attached hydrogen (secondary N) is 1. The Hall–Kier alpha value is -2.22. The van der Waals surface area contributed by atoms with Crippen LogP contribution in [0.3, 0.4) is 0 Å². The van der Waals surface area contributed by atoms with Gasteiger partial charge >= 0.3 is 0 Å². The van der Waals surface area contributed by atoms with Crippen molar-refractivity contribution in [3.05, 3.63) is 70.2 Å². The minimum Gasteiger partial charge on any atom is -0.344 e. The first-order valence-corrected chi connectivity index (χ1v) is 11.1. The van der Waals surface area contributed by atoms with Gasteiger partial charge < -0.3 is 5.32 Å². The van der Waals surface area contributed by atoms with Crippen LogP contribution in [0.2, 0.25) is 5.02 Å². The summed E-state index contributed by atoms with van der Waals surface area (Å²) in [5, 5.41) is 4.18.